The summed E-state index contributed by atoms with van der Waals surface area (Å²) >= 11 is 0. The zero-order valence-corrected chi connectivity index (χ0v) is 16.1. The van der Waals surface area contributed by atoms with Gasteiger partial charge in [-0.15, -0.1) is 0 Å². The molecule has 2 aromatic carbocycles. The van der Waals surface area contributed by atoms with Crippen molar-refractivity contribution in [3.63, 3.8) is 0 Å². The van der Waals surface area contributed by atoms with Gasteiger partial charge in [0.1, 0.15) is 0 Å². The minimum absolute atomic E-state index is 0.166. The number of carbonyl (C=O) groups is 1. The van der Waals surface area contributed by atoms with E-state index in [1.807, 2.05) is 44.2 Å². The molecule has 6 heteroatoms. The van der Waals surface area contributed by atoms with Crippen molar-refractivity contribution in [3.05, 3.63) is 65.7 Å². The second-order valence-corrected chi connectivity index (χ2v) is 8.25. The zero-order valence-electron chi connectivity index (χ0n) is 15.2. The van der Waals surface area contributed by atoms with Gasteiger partial charge in [0.25, 0.3) is 0 Å². The molecule has 0 aliphatic heterocycles. The second kappa shape index (κ2) is 9.50. The van der Waals surface area contributed by atoms with Gasteiger partial charge in [-0.1, -0.05) is 56.3 Å². The first-order valence-corrected chi connectivity index (χ1v) is 10.3. The summed E-state index contributed by atoms with van der Waals surface area (Å²) in [5, 5.41) is 2.74. The number of sulfonamides is 1. The predicted molar refractivity (Wildman–Crippen MR) is 103 cm³/mol. The van der Waals surface area contributed by atoms with Crippen LogP contribution >= 0.6 is 0 Å². The smallest absolute Gasteiger partial charge is 0.241 e. The van der Waals surface area contributed by atoms with E-state index in [1.54, 1.807) is 24.3 Å². The molecule has 0 spiro atoms. The molecule has 2 N–H and O–H groups in total. The van der Waals surface area contributed by atoms with E-state index in [4.69, 9.17) is 0 Å². The first-order chi connectivity index (χ1) is 12.4. The predicted octanol–water partition coefficient (Wildman–Crippen LogP) is 2.84. The Kier molecular flexibility index (Phi) is 7.36. The Morgan fingerprint density at radius 2 is 1.65 bits per heavy atom. The van der Waals surface area contributed by atoms with E-state index >= 15 is 0 Å². The van der Waals surface area contributed by atoms with Crippen molar-refractivity contribution in [2.45, 2.75) is 37.5 Å². The van der Waals surface area contributed by atoms with Crippen LogP contribution in [0.3, 0.4) is 0 Å². The molecule has 0 atom stereocenters. The Morgan fingerprint density at radius 1 is 1.00 bits per heavy atom. The number of aryl methyl sites for hydroxylation is 1. The molecule has 26 heavy (non-hydrogen) atoms. The number of benzene rings is 2. The molecule has 0 heterocycles. The molecule has 1 amide bonds. The summed E-state index contributed by atoms with van der Waals surface area (Å²) in [6.07, 6.45) is 1.67. The van der Waals surface area contributed by atoms with Gasteiger partial charge in [-0.05, 0) is 42.0 Å². The first-order valence-electron chi connectivity index (χ1n) is 8.79. The molecule has 0 saturated heterocycles. The van der Waals surface area contributed by atoms with Crippen LogP contribution in [-0.2, 0) is 21.2 Å². The van der Waals surface area contributed by atoms with Crippen molar-refractivity contribution in [1.82, 2.24) is 10.0 Å². The van der Waals surface area contributed by atoms with Crippen LogP contribution in [0, 0.1) is 0 Å². The number of hydrogen-bond acceptors (Lipinski definition) is 3. The van der Waals surface area contributed by atoms with Crippen molar-refractivity contribution < 1.29 is 13.2 Å². The van der Waals surface area contributed by atoms with Gasteiger partial charge in [0.2, 0.25) is 15.9 Å². The van der Waals surface area contributed by atoms with E-state index in [-0.39, 0.29) is 17.3 Å². The normalized spacial score (nSPS) is 11.5. The molecule has 0 unspecified atom stereocenters. The zero-order chi connectivity index (χ0) is 19.0. The van der Waals surface area contributed by atoms with Gasteiger partial charge < -0.3 is 5.32 Å². The fourth-order valence-electron chi connectivity index (χ4n) is 2.50. The highest BCUT2D eigenvalue weighted by Gasteiger charge is 2.15. The quantitative estimate of drug-likeness (QED) is 0.663. The van der Waals surface area contributed by atoms with Crippen LogP contribution in [0.2, 0.25) is 0 Å². The summed E-state index contributed by atoms with van der Waals surface area (Å²) in [7, 11) is -3.68. The number of hydrogen-bond donors (Lipinski definition) is 2. The molecule has 0 saturated carbocycles. The minimum atomic E-state index is -3.68. The average Bonchev–Trinajstić information content (AvgIpc) is 2.64. The van der Waals surface area contributed by atoms with E-state index in [0.717, 1.165) is 18.4 Å². The van der Waals surface area contributed by atoms with Crippen molar-refractivity contribution >= 4 is 15.9 Å². The van der Waals surface area contributed by atoms with Crippen molar-refractivity contribution in [1.29, 1.82) is 0 Å². The lowest BCUT2D eigenvalue weighted by Gasteiger charge is -2.09. The minimum Gasteiger partial charge on any atom is -0.355 e. The van der Waals surface area contributed by atoms with Crippen LogP contribution in [0.15, 0.2) is 59.5 Å². The maximum absolute atomic E-state index is 12.2. The molecule has 5 nitrogen and oxygen atoms in total. The van der Waals surface area contributed by atoms with Crippen LogP contribution in [-0.4, -0.2) is 27.4 Å². The molecule has 0 aromatic heterocycles. The lowest BCUT2D eigenvalue weighted by Crippen LogP contribution is -2.37. The van der Waals surface area contributed by atoms with Crippen LogP contribution in [0.5, 0.6) is 0 Å². The lowest BCUT2D eigenvalue weighted by atomic mass is 10.0. The fourth-order valence-corrected chi connectivity index (χ4v) is 3.49. The molecule has 2 rings (SSSR count). The van der Waals surface area contributed by atoms with Crippen LogP contribution in [0.4, 0.5) is 0 Å². The molecule has 0 aliphatic rings. The second-order valence-electron chi connectivity index (χ2n) is 6.49. The fraction of sp³-hybridized carbons (Fsp3) is 0.350. The number of amides is 1. The summed E-state index contributed by atoms with van der Waals surface area (Å²) < 4.78 is 26.8. The van der Waals surface area contributed by atoms with Gasteiger partial charge >= 0.3 is 0 Å². The summed E-state index contributed by atoms with van der Waals surface area (Å²) in [6, 6.07) is 16.7. The van der Waals surface area contributed by atoms with Gasteiger partial charge in [-0.3, -0.25) is 4.79 Å². The van der Waals surface area contributed by atoms with Gasteiger partial charge in [0, 0.05) is 6.54 Å². The third kappa shape index (κ3) is 6.28. The molecule has 0 aliphatic carbocycles. The SMILES string of the molecule is CC(C)c1ccc(S(=O)(=O)NCC(=O)NCCCc2ccccc2)cc1. The molecule has 2 aromatic rings. The summed E-state index contributed by atoms with van der Waals surface area (Å²) in [5.41, 5.74) is 2.28. The number of nitrogens with one attached hydrogen (secondary N) is 2. The van der Waals surface area contributed by atoms with E-state index in [9.17, 15) is 13.2 Å². The Bertz CT molecular complexity index is 801. The highest BCUT2D eigenvalue weighted by molar-refractivity contribution is 7.89. The van der Waals surface area contributed by atoms with Crippen LogP contribution in [0.25, 0.3) is 0 Å². The molecular formula is C20H26N2O3S. The number of carbonyl (C=O) groups excluding carboxylic acids is 1. The topological polar surface area (TPSA) is 75.3 Å². The van der Waals surface area contributed by atoms with Crippen molar-refractivity contribution in [2.75, 3.05) is 13.1 Å². The Morgan fingerprint density at radius 3 is 2.27 bits per heavy atom. The molecule has 0 bridgehead atoms. The van der Waals surface area contributed by atoms with Gasteiger partial charge in [-0.25, -0.2) is 13.1 Å². The number of rotatable bonds is 9. The first kappa shape index (κ1) is 20.1. The monoisotopic (exact) mass is 374 g/mol. The van der Waals surface area contributed by atoms with Crippen molar-refractivity contribution in [2.24, 2.45) is 0 Å². The maximum atomic E-state index is 12.2. The van der Waals surface area contributed by atoms with E-state index in [1.165, 1.54) is 5.56 Å². The maximum Gasteiger partial charge on any atom is 0.241 e. The van der Waals surface area contributed by atoms with Crippen LogP contribution < -0.4 is 10.0 Å². The van der Waals surface area contributed by atoms with E-state index < -0.39 is 10.0 Å². The van der Waals surface area contributed by atoms with E-state index in [2.05, 4.69) is 10.0 Å². The Labute approximate surface area is 155 Å². The Balaban J connectivity index is 1.75. The summed E-state index contributed by atoms with van der Waals surface area (Å²) in [6.45, 7) is 4.34. The highest BCUT2D eigenvalue weighted by Crippen LogP contribution is 2.17. The van der Waals surface area contributed by atoms with E-state index in [0.29, 0.717) is 12.5 Å². The summed E-state index contributed by atoms with van der Waals surface area (Å²) in [4.78, 5) is 12.0. The Hall–Kier alpha value is -2.18. The van der Waals surface area contributed by atoms with Gasteiger partial charge in [0.15, 0.2) is 0 Å². The van der Waals surface area contributed by atoms with Crippen molar-refractivity contribution in [3.8, 4) is 0 Å². The largest absolute Gasteiger partial charge is 0.355 e. The molecular weight excluding hydrogens is 348 g/mol. The average molecular weight is 375 g/mol. The van der Waals surface area contributed by atoms with Gasteiger partial charge in [-0.2, -0.15) is 0 Å². The summed E-state index contributed by atoms with van der Waals surface area (Å²) in [5.74, 6) is 0.00168. The third-order valence-electron chi connectivity index (χ3n) is 4.09. The standard InChI is InChI=1S/C20H26N2O3S/c1-16(2)18-10-12-19(13-11-18)26(24,25)22-15-20(23)21-14-6-9-17-7-4-3-5-8-17/h3-5,7-8,10-13,16,22H,6,9,14-15H2,1-2H3,(H,21,23). The molecule has 140 valence electrons. The molecule has 0 radical (unpaired) electrons. The molecule has 0 fully saturated rings. The highest BCUT2D eigenvalue weighted by atomic mass is 32.2. The van der Waals surface area contributed by atoms with Gasteiger partial charge in [0.05, 0.1) is 11.4 Å². The van der Waals surface area contributed by atoms with Crippen LogP contribution in [0.1, 0.15) is 37.3 Å². The third-order valence-corrected chi connectivity index (χ3v) is 5.50. The lowest BCUT2D eigenvalue weighted by molar-refractivity contribution is -0.119.